The average Bonchev–Trinajstić information content (AvgIpc) is 3.18. The van der Waals surface area contributed by atoms with Crippen molar-refractivity contribution in [3.05, 3.63) is 78.0 Å². The van der Waals surface area contributed by atoms with Crippen molar-refractivity contribution >= 4 is 5.91 Å². The quantitative estimate of drug-likeness (QED) is 0.679. The summed E-state index contributed by atoms with van der Waals surface area (Å²) in [5.74, 6) is -0.387. The Morgan fingerprint density at radius 2 is 1.58 bits per heavy atom. The highest BCUT2D eigenvalue weighted by Gasteiger charge is 2.55. The van der Waals surface area contributed by atoms with Crippen molar-refractivity contribution in [3.8, 4) is 11.3 Å². The van der Waals surface area contributed by atoms with Gasteiger partial charge < -0.3 is 10.0 Å². The molecule has 0 unspecified atom stereocenters. The average molecular weight is 429 g/mol. The third-order valence-corrected chi connectivity index (χ3v) is 5.63. The van der Waals surface area contributed by atoms with E-state index in [0.29, 0.717) is 17.8 Å². The summed E-state index contributed by atoms with van der Waals surface area (Å²) in [6.45, 7) is 0.113. The van der Waals surface area contributed by atoms with Crippen molar-refractivity contribution in [3.63, 3.8) is 0 Å². The van der Waals surface area contributed by atoms with Gasteiger partial charge in [0.05, 0.1) is 12.1 Å². The molecule has 2 aromatic carbocycles. The van der Waals surface area contributed by atoms with Gasteiger partial charge in [-0.15, -0.1) is 0 Å². The van der Waals surface area contributed by atoms with Gasteiger partial charge in [0, 0.05) is 37.7 Å². The maximum absolute atomic E-state index is 13.2. The van der Waals surface area contributed by atoms with Gasteiger partial charge in [0.25, 0.3) is 5.91 Å². The summed E-state index contributed by atoms with van der Waals surface area (Å²) in [5, 5.41) is 14.5. The molecular weight excluding hydrogens is 407 g/mol. The molecule has 5 nitrogen and oxygen atoms in total. The van der Waals surface area contributed by atoms with E-state index in [1.54, 1.807) is 10.9 Å². The molecule has 162 valence electrons. The first-order valence-corrected chi connectivity index (χ1v) is 10.0. The number of aliphatic hydroxyl groups is 1. The van der Waals surface area contributed by atoms with Crippen LogP contribution in [0.4, 0.5) is 13.2 Å². The van der Waals surface area contributed by atoms with E-state index in [1.807, 2.05) is 60.7 Å². The van der Waals surface area contributed by atoms with Crippen LogP contribution in [0.1, 0.15) is 28.8 Å². The molecule has 0 radical (unpaired) electrons. The van der Waals surface area contributed by atoms with Crippen molar-refractivity contribution in [2.45, 2.75) is 31.2 Å². The Morgan fingerprint density at radius 1 is 1.00 bits per heavy atom. The molecule has 1 aliphatic heterocycles. The highest BCUT2D eigenvalue weighted by Crippen LogP contribution is 2.38. The van der Waals surface area contributed by atoms with Crippen molar-refractivity contribution in [2.75, 3.05) is 13.1 Å². The first-order valence-electron chi connectivity index (χ1n) is 10.0. The van der Waals surface area contributed by atoms with Gasteiger partial charge in [-0.2, -0.15) is 18.3 Å². The van der Waals surface area contributed by atoms with Crippen molar-refractivity contribution in [1.29, 1.82) is 0 Å². The second-order valence-corrected chi connectivity index (χ2v) is 7.76. The number of piperidine rings is 1. The van der Waals surface area contributed by atoms with Crippen LogP contribution in [-0.4, -0.2) is 50.6 Å². The van der Waals surface area contributed by atoms with Gasteiger partial charge in [-0.1, -0.05) is 60.7 Å². The van der Waals surface area contributed by atoms with E-state index >= 15 is 0 Å². The lowest BCUT2D eigenvalue weighted by atomic mass is 9.90. The molecule has 0 bridgehead atoms. The lowest BCUT2D eigenvalue weighted by Crippen LogP contribution is -2.54. The summed E-state index contributed by atoms with van der Waals surface area (Å²) in [7, 11) is 0. The Labute approximate surface area is 177 Å². The SMILES string of the molecule is O=C(c1cn(Cc2ccccc2)nc1-c1ccccc1)N1CCC(O)(C(F)(F)F)CC1. The largest absolute Gasteiger partial charge is 0.417 e. The smallest absolute Gasteiger partial charge is 0.380 e. The normalized spacial score (nSPS) is 16.3. The second-order valence-electron chi connectivity index (χ2n) is 7.76. The monoisotopic (exact) mass is 429 g/mol. The summed E-state index contributed by atoms with van der Waals surface area (Å²) < 4.78 is 41.0. The Hall–Kier alpha value is -3.13. The predicted molar refractivity (Wildman–Crippen MR) is 109 cm³/mol. The Morgan fingerprint density at radius 3 is 2.16 bits per heavy atom. The zero-order valence-corrected chi connectivity index (χ0v) is 16.7. The standard InChI is InChI=1S/C23H22F3N3O2/c24-23(25,26)22(31)11-13-28(14-12-22)21(30)19-16-29(15-17-7-3-1-4-8-17)27-20(19)18-9-5-2-6-10-18/h1-10,16,31H,11-15H2. The summed E-state index contributed by atoms with van der Waals surface area (Å²) in [6.07, 6.45) is -4.15. The van der Waals surface area contributed by atoms with E-state index in [9.17, 15) is 23.1 Å². The molecule has 0 saturated carbocycles. The number of nitrogens with zero attached hydrogens (tertiary/aromatic N) is 3. The number of hydrogen-bond donors (Lipinski definition) is 1. The van der Waals surface area contributed by atoms with Gasteiger partial charge in [-0.25, -0.2) is 0 Å². The first-order chi connectivity index (χ1) is 14.8. The second kappa shape index (κ2) is 8.19. The van der Waals surface area contributed by atoms with Gasteiger partial charge in [0.1, 0.15) is 5.69 Å². The fourth-order valence-corrected chi connectivity index (χ4v) is 3.77. The summed E-state index contributed by atoms with van der Waals surface area (Å²) in [5.41, 5.74) is -0.167. The van der Waals surface area contributed by atoms with Crippen molar-refractivity contribution in [1.82, 2.24) is 14.7 Å². The van der Waals surface area contributed by atoms with Crippen LogP contribution in [-0.2, 0) is 6.54 Å². The predicted octanol–water partition coefficient (Wildman–Crippen LogP) is 4.13. The zero-order valence-electron chi connectivity index (χ0n) is 16.7. The van der Waals surface area contributed by atoms with Gasteiger partial charge in [0.15, 0.2) is 5.60 Å². The minimum Gasteiger partial charge on any atom is -0.380 e. The third kappa shape index (κ3) is 4.34. The molecule has 1 N–H and O–H groups in total. The minimum atomic E-state index is -4.71. The number of aromatic nitrogens is 2. The Bertz CT molecular complexity index is 1040. The lowest BCUT2D eigenvalue weighted by Gasteiger charge is -2.39. The number of carbonyl (C=O) groups is 1. The van der Waals surface area contributed by atoms with Crippen LogP contribution in [0.3, 0.4) is 0 Å². The minimum absolute atomic E-state index is 0.174. The Balaban J connectivity index is 1.61. The summed E-state index contributed by atoms with van der Waals surface area (Å²) in [6, 6.07) is 18.9. The number of amides is 1. The first kappa shape index (κ1) is 21.1. The molecule has 8 heteroatoms. The highest BCUT2D eigenvalue weighted by molar-refractivity contribution is 5.99. The van der Waals surface area contributed by atoms with E-state index in [4.69, 9.17) is 0 Å². The van der Waals surface area contributed by atoms with Gasteiger partial charge >= 0.3 is 6.18 Å². The third-order valence-electron chi connectivity index (χ3n) is 5.63. The zero-order chi connectivity index (χ0) is 22.1. The molecule has 0 spiro atoms. The van der Waals surface area contributed by atoms with Crippen LogP contribution >= 0.6 is 0 Å². The van der Waals surface area contributed by atoms with E-state index in [-0.39, 0.29) is 19.0 Å². The van der Waals surface area contributed by atoms with Crippen molar-refractivity contribution < 1.29 is 23.1 Å². The highest BCUT2D eigenvalue weighted by atomic mass is 19.4. The molecule has 2 heterocycles. The number of likely N-dealkylation sites (tertiary alicyclic amines) is 1. The van der Waals surface area contributed by atoms with Gasteiger partial charge in [-0.3, -0.25) is 9.48 Å². The van der Waals surface area contributed by atoms with E-state index in [0.717, 1.165) is 11.1 Å². The number of rotatable bonds is 4. The summed E-state index contributed by atoms with van der Waals surface area (Å²) >= 11 is 0. The molecule has 1 amide bonds. The lowest BCUT2D eigenvalue weighted by molar-refractivity contribution is -0.271. The van der Waals surface area contributed by atoms with E-state index in [1.165, 1.54) is 4.90 Å². The molecule has 3 aromatic rings. The number of alkyl halides is 3. The van der Waals surface area contributed by atoms with Crippen LogP contribution in [0.5, 0.6) is 0 Å². The van der Waals surface area contributed by atoms with Crippen LogP contribution in [0.15, 0.2) is 66.9 Å². The van der Waals surface area contributed by atoms with Crippen LogP contribution in [0.25, 0.3) is 11.3 Å². The maximum atomic E-state index is 13.2. The molecular formula is C23H22F3N3O2. The molecule has 0 aliphatic carbocycles. The molecule has 31 heavy (non-hydrogen) atoms. The molecule has 4 rings (SSSR count). The molecule has 1 aliphatic rings. The number of benzene rings is 2. The number of carbonyl (C=O) groups excluding carboxylic acids is 1. The van der Waals surface area contributed by atoms with Crippen LogP contribution in [0, 0.1) is 0 Å². The van der Waals surface area contributed by atoms with Crippen molar-refractivity contribution in [2.24, 2.45) is 0 Å². The topological polar surface area (TPSA) is 58.4 Å². The Kier molecular flexibility index (Phi) is 5.58. The van der Waals surface area contributed by atoms with Crippen LogP contribution in [0.2, 0.25) is 0 Å². The molecule has 1 aromatic heterocycles. The summed E-state index contributed by atoms with van der Waals surface area (Å²) in [4.78, 5) is 14.6. The maximum Gasteiger partial charge on any atom is 0.417 e. The number of halogens is 3. The molecule has 0 atom stereocenters. The molecule has 1 fully saturated rings. The fraction of sp³-hybridized carbons (Fsp3) is 0.304. The van der Waals surface area contributed by atoms with E-state index < -0.39 is 24.6 Å². The van der Waals surface area contributed by atoms with E-state index in [2.05, 4.69) is 5.10 Å². The molecule has 1 saturated heterocycles. The number of hydrogen-bond acceptors (Lipinski definition) is 3. The fourth-order valence-electron chi connectivity index (χ4n) is 3.77. The van der Waals surface area contributed by atoms with Crippen LogP contribution < -0.4 is 0 Å². The van der Waals surface area contributed by atoms with Gasteiger partial charge in [-0.05, 0) is 5.56 Å². The van der Waals surface area contributed by atoms with Gasteiger partial charge in [0.2, 0.25) is 0 Å².